The maximum Gasteiger partial charge on any atom is 0.0931 e. The van der Waals surface area contributed by atoms with Crippen LogP contribution >= 0.6 is 0 Å². The van der Waals surface area contributed by atoms with Gasteiger partial charge in [0.05, 0.1) is 17.4 Å². The van der Waals surface area contributed by atoms with Crippen LogP contribution in [0.4, 0.5) is 5.69 Å². The molecule has 1 aromatic carbocycles. The molecule has 3 rings (SSSR count). The van der Waals surface area contributed by atoms with Gasteiger partial charge in [-0.25, -0.2) is 4.98 Å². The number of hydrogen-bond donors (Lipinski definition) is 2. The van der Waals surface area contributed by atoms with Crippen LogP contribution in [0.3, 0.4) is 0 Å². The van der Waals surface area contributed by atoms with Gasteiger partial charge in [0.1, 0.15) is 0 Å². The SMILES string of the molecule is c1nc2ccc3c(c2[nH]1)CCCN3. The highest BCUT2D eigenvalue weighted by Crippen LogP contribution is 2.27. The van der Waals surface area contributed by atoms with E-state index in [4.69, 9.17) is 0 Å². The Hall–Kier alpha value is -1.51. The van der Waals surface area contributed by atoms with Gasteiger partial charge in [-0.15, -0.1) is 0 Å². The van der Waals surface area contributed by atoms with Crippen molar-refractivity contribution >= 4 is 16.7 Å². The van der Waals surface area contributed by atoms with Crippen LogP contribution in [-0.4, -0.2) is 16.5 Å². The molecule has 0 fully saturated rings. The molecule has 0 amide bonds. The van der Waals surface area contributed by atoms with Crippen LogP contribution < -0.4 is 5.32 Å². The minimum atomic E-state index is 1.07. The largest absolute Gasteiger partial charge is 0.385 e. The Morgan fingerprint density at radius 1 is 1.31 bits per heavy atom. The van der Waals surface area contributed by atoms with Crippen molar-refractivity contribution in [1.29, 1.82) is 0 Å². The molecule has 0 radical (unpaired) electrons. The molecule has 0 saturated heterocycles. The highest BCUT2D eigenvalue weighted by atomic mass is 14.9. The second-order valence-electron chi connectivity index (χ2n) is 3.42. The molecular formula is C10H11N3. The molecule has 2 N–H and O–H groups in total. The van der Waals surface area contributed by atoms with Crippen molar-refractivity contribution in [2.75, 3.05) is 11.9 Å². The van der Waals surface area contributed by atoms with E-state index in [0.29, 0.717) is 0 Å². The van der Waals surface area contributed by atoms with Crippen LogP contribution in [0.1, 0.15) is 12.0 Å². The maximum absolute atomic E-state index is 4.24. The van der Waals surface area contributed by atoms with E-state index in [0.717, 1.165) is 18.5 Å². The Morgan fingerprint density at radius 2 is 2.31 bits per heavy atom. The molecule has 0 spiro atoms. The standard InChI is InChI=1S/C10H11N3/c1-2-7-8(11-5-1)3-4-9-10(7)13-6-12-9/h3-4,6,11H,1-2,5H2,(H,12,13). The first kappa shape index (κ1) is 6.95. The van der Waals surface area contributed by atoms with Crippen LogP contribution in [0.5, 0.6) is 0 Å². The first-order chi connectivity index (χ1) is 6.45. The van der Waals surface area contributed by atoms with Crippen LogP contribution in [0.2, 0.25) is 0 Å². The number of fused-ring (bicyclic) bond motifs is 3. The van der Waals surface area contributed by atoms with E-state index >= 15 is 0 Å². The van der Waals surface area contributed by atoms with Crippen molar-refractivity contribution in [2.24, 2.45) is 0 Å². The van der Waals surface area contributed by atoms with Crippen LogP contribution in [0, 0.1) is 0 Å². The van der Waals surface area contributed by atoms with Gasteiger partial charge >= 0.3 is 0 Å². The number of nitrogens with one attached hydrogen (secondary N) is 2. The lowest BCUT2D eigenvalue weighted by atomic mass is 10.0. The van der Waals surface area contributed by atoms with Crippen molar-refractivity contribution in [3.8, 4) is 0 Å². The monoisotopic (exact) mass is 173 g/mol. The third kappa shape index (κ3) is 0.932. The molecule has 3 heteroatoms. The lowest BCUT2D eigenvalue weighted by Gasteiger charge is -2.17. The van der Waals surface area contributed by atoms with E-state index in [1.807, 2.05) is 0 Å². The van der Waals surface area contributed by atoms with Gasteiger partial charge in [0, 0.05) is 17.8 Å². The third-order valence-electron chi connectivity index (χ3n) is 2.62. The highest BCUT2D eigenvalue weighted by molar-refractivity contribution is 5.84. The number of aryl methyl sites for hydroxylation is 1. The van der Waals surface area contributed by atoms with Gasteiger partial charge in [-0.3, -0.25) is 0 Å². The smallest absolute Gasteiger partial charge is 0.0931 e. The summed E-state index contributed by atoms with van der Waals surface area (Å²) in [6.45, 7) is 1.09. The molecule has 66 valence electrons. The van der Waals surface area contributed by atoms with Gasteiger partial charge in [0.25, 0.3) is 0 Å². The van der Waals surface area contributed by atoms with Crippen LogP contribution in [-0.2, 0) is 6.42 Å². The molecule has 0 aliphatic carbocycles. The summed E-state index contributed by atoms with van der Waals surface area (Å²) in [5, 5.41) is 3.40. The number of rotatable bonds is 0. The van der Waals surface area contributed by atoms with Gasteiger partial charge < -0.3 is 10.3 Å². The molecule has 1 aliphatic rings. The van der Waals surface area contributed by atoms with Gasteiger partial charge in [0.2, 0.25) is 0 Å². The minimum Gasteiger partial charge on any atom is -0.385 e. The fourth-order valence-corrected chi connectivity index (χ4v) is 1.98. The van der Waals surface area contributed by atoms with Crippen molar-refractivity contribution in [3.05, 3.63) is 24.0 Å². The maximum atomic E-state index is 4.24. The topological polar surface area (TPSA) is 40.7 Å². The number of aromatic amines is 1. The number of anilines is 1. The predicted octanol–water partition coefficient (Wildman–Crippen LogP) is 1.92. The lowest BCUT2D eigenvalue weighted by molar-refractivity contribution is 0.835. The van der Waals surface area contributed by atoms with Gasteiger partial charge in [-0.2, -0.15) is 0 Å². The molecule has 1 aliphatic heterocycles. The molecule has 0 saturated carbocycles. The summed E-state index contributed by atoms with van der Waals surface area (Å²) in [5.41, 5.74) is 4.93. The number of aromatic nitrogens is 2. The molecule has 1 aromatic heterocycles. The summed E-state index contributed by atoms with van der Waals surface area (Å²) in [6, 6.07) is 4.18. The van der Waals surface area contributed by atoms with Gasteiger partial charge in [-0.1, -0.05) is 0 Å². The average molecular weight is 173 g/mol. The average Bonchev–Trinajstić information content (AvgIpc) is 2.65. The number of imidazole rings is 1. The molecule has 13 heavy (non-hydrogen) atoms. The molecule has 0 atom stereocenters. The van der Waals surface area contributed by atoms with Crippen LogP contribution in [0.15, 0.2) is 18.5 Å². The van der Waals surface area contributed by atoms with E-state index in [9.17, 15) is 0 Å². The molecule has 0 unspecified atom stereocenters. The van der Waals surface area contributed by atoms with Gasteiger partial charge in [-0.05, 0) is 25.0 Å². The van der Waals surface area contributed by atoms with E-state index in [1.54, 1.807) is 6.33 Å². The van der Waals surface area contributed by atoms with Gasteiger partial charge in [0.15, 0.2) is 0 Å². The van der Waals surface area contributed by atoms with Crippen molar-refractivity contribution in [3.63, 3.8) is 0 Å². The second kappa shape index (κ2) is 2.49. The fourth-order valence-electron chi connectivity index (χ4n) is 1.98. The summed E-state index contributed by atoms with van der Waals surface area (Å²) < 4.78 is 0. The number of hydrogen-bond acceptors (Lipinski definition) is 2. The first-order valence-electron chi connectivity index (χ1n) is 4.64. The molecule has 3 nitrogen and oxygen atoms in total. The van der Waals surface area contributed by atoms with E-state index in [-0.39, 0.29) is 0 Å². The first-order valence-corrected chi connectivity index (χ1v) is 4.64. The molecule has 2 aromatic rings. The summed E-state index contributed by atoms with van der Waals surface area (Å²) in [6.07, 6.45) is 4.13. The predicted molar refractivity (Wildman–Crippen MR) is 52.9 cm³/mol. The summed E-state index contributed by atoms with van der Waals surface area (Å²) in [7, 11) is 0. The summed E-state index contributed by atoms with van der Waals surface area (Å²) in [4.78, 5) is 7.44. The van der Waals surface area contributed by atoms with E-state index < -0.39 is 0 Å². The van der Waals surface area contributed by atoms with E-state index in [1.165, 1.54) is 23.2 Å². The number of benzene rings is 1. The Balaban J connectivity index is 2.34. The Bertz CT molecular complexity index is 444. The van der Waals surface area contributed by atoms with E-state index in [2.05, 4.69) is 27.4 Å². The number of nitrogens with zero attached hydrogens (tertiary/aromatic N) is 1. The van der Waals surface area contributed by atoms with Crippen molar-refractivity contribution in [2.45, 2.75) is 12.8 Å². The van der Waals surface area contributed by atoms with Crippen molar-refractivity contribution in [1.82, 2.24) is 9.97 Å². The quantitative estimate of drug-likeness (QED) is 0.639. The third-order valence-corrected chi connectivity index (χ3v) is 2.62. The number of H-pyrrole nitrogens is 1. The van der Waals surface area contributed by atoms with Crippen LogP contribution in [0.25, 0.3) is 11.0 Å². The fraction of sp³-hybridized carbons (Fsp3) is 0.300. The lowest BCUT2D eigenvalue weighted by Crippen LogP contribution is -2.11. The molecule has 2 heterocycles. The zero-order valence-electron chi connectivity index (χ0n) is 7.30. The second-order valence-corrected chi connectivity index (χ2v) is 3.42. The minimum absolute atomic E-state index is 1.07. The Kier molecular flexibility index (Phi) is 1.33. The van der Waals surface area contributed by atoms with Crippen molar-refractivity contribution < 1.29 is 0 Å². The zero-order chi connectivity index (χ0) is 8.67. The summed E-state index contributed by atoms with van der Waals surface area (Å²) in [5.74, 6) is 0. The normalized spacial score (nSPS) is 15.4. The Morgan fingerprint density at radius 3 is 3.31 bits per heavy atom. The zero-order valence-corrected chi connectivity index (χ0v) is 7.30. The highest BCUT2D eigenvalue weighted by Gasteiger charge is 2.12. The molecule has 0 bridgehead atoms. The molecular weight excluding hydrogens is 162 g/mol. The summed E-state index contributed by atoms with van der Waals surface area (Å²) >= 11 is 0. The Labute approximate surface area is 76.2 Å².